The van der Waals surface area contributed by atoms with Crippen LogP contribution in [0.3, 0.4) is 0 Å². The highest BCUT2D eigenvalue weighted by Gasteiger charge is 2.53. The summed E-state index contributed by atoms with van der Waals surface area (Å²) in [4.78, 5) is 2.32. The van der Waals surface area contributed by atoms with Gasteiger partial charge in [0.1, 0.15) is 0 Å². The molecule has 0 saturated carbocycles. The number of hydrogen-bond donors (Lipinski definition) is 0. The average molecular weight is 237 g/mol. The van der Waals surface area contributed by atoms with Gasteiger partial charge in [-0.3, -0.25) is 0 Å². The van der Waals surface area contributed by atoms with E-state index in [0.717, 1.165) is 13.1 Å². The monoisotopic (exact) mass is 237 g/mol. The zero-order valence-electron chi connectivity index (χ0n) is 11.9. The quantitative estimate of drug-likeness (QED) is 0.652. The van der Waals surface area contributed by atoms with E-state index >= 15 is 0 Å². The number of rotatable bonds is 1. The van der Waals surface area contributed by atoms with Gasteiger partial charge in [0.05, 0.1) is 11.2 Å². The van der Waals surface area contributed by atoms with Crippen LogP contribution >= 0.6 is 0 Å². The van der Waals surface area contributed by atoms with Gasteiger partial charge in [0.15, 0.2) is 0 Å². The number of hydrogen-bond acceptors (Lipinski definition) is 3. The Morgan fingerprint density at radius 3 is 2.24 bits per heavy atom. The molecular weight excluding hydrogens is 213 g/mol. The molecular formula is C13H24BNO2. The molecule has 3 nitrogen and oxygen atoms in total. The molecule has 0 amide bonds. The van der Waals surface area contributed by atoms with Gasteiger partial charge in [0.2, 0.25) is 0 Å². The lowest BCUT2D eigenvalue weighted by molar-refractivity contribution is 0.00578. The first-order valence-electron chi connectivity index (χ1n) is 6.47. The van der Waals surface area contributed by atoms with Crippen molar-refractivity contribution in [3.63, 3.8) is 0 Å². The molecule has 2 aliphatic rings. The zero-order valence-corrected chi connectivity index (χ0v) is 11.9. The van der Waals surface area contributed by atoms with Gasteiger partial charge in [0.25, 0.3) is 0 Å². The minimum atomic E-state index is -0.235. The predicted molar refractivity (Wildman–Crippen MR) is 70.8 cm³/mol. The molecule has 0 aromatic rings. The van der Waals surface area contributed by atoms with Gasteiger partial charge in [-0.15, -0.1) is 0 Å². The molecule has 17 heavy (non-hydrogen) atoms. The Morgan fingerprint density at radius 1 is 1.24 bits per heavy atom. The van der Waals surface area contributed by atoms with E-state index < -0.39 is 0 Å². The second kappa shape index (κ2) is 4.11. The SMILES string of the molecule is CC1CN(C)CC=C1B1OC(C)(C)C(C)(C)O1. The number of likely N-dealkylation sites (N-methyl/N-ethyl adjacent to an activating group) is 1. The molecule has 0 aliphatic carbocycles. The third-order valence-electron chi connectivity index (χ3n) is 4.32. The maximum atomic E-state index is 6.10. The molecule has 1 unspecified atom stereocenters. The highest BCUT2D eigenvalue weighted by atomic mass is 16.7. The molecule has 0 spiro atoms. The van der Waals surface area contributed by atoms with Crippen molar-refractivity contribution in [2.75, 3.05) is 20.1 Å². The van der Waals surface area contributed by atoms with Crippen LogP contribution in [0.15, 0.2) is 11.5 Å². The van der Waals surface area contributed by atoms with Gasteiger partial charge in [-0.25, -0.2) is 0 Å². The third kappa shape index (κ3) is 2.31. The summed E-state index contributed by atoms with van der Waals surface area (Å²) in [6, 6.07) is 0. The van der Waals surface area contributed by atoms with Crippen molar-refractivity contribution in [3.8, 4) is 0 Å². The van der Waals surface area contributed by atoms with Gasteiger partial charge < -0.3 is 14.2 Å². The van der Waals surface area contributed by atoms with Crippen LogP contribution < -0.4 is 0 Å². The molecule has 0 aromatic heterocycles. The van der Waals surface area contributed by atoms with Crippen molar-refractivity contribution in [2.45, 2.75) is 45.8 Å². The van der Waals surface area contributed by atoms with Crippen LogP contribution in [-0.2, 0) is 9.31 Å². The second-order valence-corrected chi connectivity index (χ2v) is 6.41. The van der Waals surface area contributed by atoms with Crippen LogP contribution in [0.5, 0.6) is 0 Å². The Hall–Kier alpha value is -0.315. The van der Waals surface area contributed by atoms with E-state index in [-0.39, 0.29) is 18.3 Å². The largest absolute Gasteiger partial charge is 0.490 e. The molecule has 2 heterocycles. The van der Waals surface area contributed by atoms with E-state index in [0.29, 0.717) is 5.92 Å². The predicted octanol–water partition coefficient (Wildman–Crippen LogP) is 2.13. The fourth-order valence-corrected chi connectivity index (χ4v) is 2.42. The summed E-state index contributed by atoms with van der Waals surface area (Å²) in [7, 11) is 1.98. The Balaban J connectivity index is 2.16. The van der Waals surface area contributed by atoms with Crippen LogP contribution in [0.2, 0.25) is 0 Å². The molecule has 1 saturated heterocycles. The Kier molecular flexibility index (Phi) is 3.17. The van der Waals surface area contributed by atoms with Crippen molar-refractivity contribution >= 4 is 7.12 Å². The van der Waals surface area contributed by atoms with Crippen molar-refractivity contribution in [1.82, 2.24) is 4.90 Å². The van der Waals surface area contributed by atoms with Crippen LogP contribution in [0.1, 0.15) is 34.6 Å². The maximum absolute atomic E-state index is 6.10. The Labute approximate surface area is 105 Å². The highest BCUT2D eigenvalue weighted by Crippen LogP contribution is 2.40. The van der Waals surface area contributed by atoms with Crippen LogP contribution in [0.25, 0.3) is 0 Å². The van der Waals surface area contributed by atoms with Gasteiger partial charge in [-0.05, 0) is 46.1 Å². The van der Waals surface area contributed by atoms with Crippen LogP contribution in [0, 0.1) is 5.92 Å². The van der Waals surface area contributed by atoms with E-state index in [1.165, 1.54) is 5.47 Å². The zero-order chi connectivity index (χ0) is 12.8. The molecule has 0 radical (unpaired) electrons. The topological polar surface area (TPSA) is 21.7 Å². The lowest BCUT2D eigenvalue weighted by Gasteiger charge is -2.32. The summed E-state index contributed by atoms with van der Waals surface area (Å²) in [6.45, 7) is 12.7. The fourth-order valence-electron chi connectivity index (χ4n) is 2.42. The normalized spacial score (nSPS) is 32.7. The standard InChI is InChI=1S/C13H24BNO2/c1-10-9-15(6)8-7-11(10)14-16-12(2,3)13(4,5)17-14/h7,10H,8-9H2,1-6H3. The Bertz CT molecular complexity index is 322. The summed E-state index contributed by atoms with van der Waals surface area (Å²) in [5.41, 5.74) is 0.838. The molecule has 0 bridgehead atoms. The van der Waals surface area contributed by atoms with Crippen molar-refractivity contribution < 1.29 is 9.31 Å². The minimum Gasteiger partial charge on any atom is -0.400 e. The molecule has 2 aliphatic heterocycles. The molecule has 0 N–H and O–H groups in total. The summed E-state index contributed by atoms with van der Waals surface area (Å²) in [5, 5.41) is 0. The molecule has 1 fully saturated rings. The van der Waals surface area contributed by atoms with Gasteiger partial charge in [0, 0.05) is 13.1 Å². The van der Waals surface area contributed by atoms with Gasteiger partial charge in [-0.2, -0.15) is 0 Å². The fraction of sp³-hybridized carbons (Fsp3) is 0.846. The van der Waals surface area contributed by atoms with Crippen LogP contribution in [0.4, 0.5) is 0 Å². The summed E-state index contributed by atoms with van der Waals surface area (Å²) < 4.78 is 12.2. The maximum Gasteiger partial charge on any atom is 0.490 e. The lowest BCUT2D eigenvalue weighted by atomic mass is 9.70. The highest BCUT2D eigenvalue weighted by molar-refractivity contribution is 6.54. The second-order valence-electron chi connectivity index (χ2n) is 6.41. The third-order valence-corrected chi connectivity index (χ3v) is 4.32. The first-order chi connectivity index (χ1) is 7.73. The smallest absolute Gasteiger partial charge is 0.400 e. The lowest BCUT2D eigenvalue weighted by Crippen LogP contribution is -2.41. The molecule has 4 heteroatoms. The van der Waals surface area contributed by atoms with E-state index in [1.807, 2.05) is 0 Å². The molecule has 96 valence electrons. The van der Waals surface area contributed by atoms with E-state index in [2.05, 4.69) is 52.6 Å². The van der Waals surface area contributed by atoms with Crippen molar-refractivity contribution in [3.05, 3.63) is 11.5 Å². The molecule has 0 aromatic carbocycles. The van der Waals surface area contributed by atoms with E-state index in [4.69, 9.17) is 9.31 Å². The van der Waals surface area contributed by atoms with Crippen molar-refractivity contribution in [2.24, 2.45) is 5.92 Å². The van der Waals surface area contributed by atoms with E-state index in [1.54, 1.807) is 0 Å². The summed E-state index contributed by atoms with van der Waals surface area (Å²) >= 11 is 0. The van der Waals surface area contributed by atoms with E-state index in [9.17, 15) is 0 Å². The molecule has 2 rings (SSSR count). The Morgan fingerprint density at radius 2 is 1.76 bits per heavy atom. The van der Waals surface area contributed by atoms with Gasteiger partial charge in [-0.1, -0.05) is 13.0 Å². The average Bonchev–Trinajstić information content (AvgIpc) is 2.35. The molecule has 1 atom stereocenters. The summed E-state index contributed by atoms with van der Waals surface area (Å²) in [6.07, 6.45) is 2.26. The van der Waals surface area contributed by atoms with Crippen molar-refractivity contribution in [1.29, 1.82) is 0 Å². The van der Waals surface area contributed by atoms with Gasteiger partial charge >= 0.3 is 7.12 Å². The number of nitrogens with zero attached hydrogens (tertiary/aromatic N) is 1. The summed E-state index contributed by atoms with van der Waals surface area (Å²) in [5.74, 6) is 0.503. The first-order valence-corrected chi connectivity index (χ1v) is 6.47. The first kappa shape index (κ1) is 13.1. The minimum absolute atomic E-state index is 0.163. The van der Waals surface area contributed by atoms with Crippen LogP contribution in [-0.4, -0.2) is 43.4 Å².